The molecular weight excluding hydrogens is 318 g/mol. The predicted molar refractivity (Wildman–Crippen MR) is 73.2 cm³/mol. The van der Waals surface area contributed by atoms with E-state index in [0.717, 1.165) is 10.2 Å². The predicted octanol–water partition coefficient (Wildman–Crippen LogP) is 3.28. The van der Waals surface area contributed by atoms with E-state index in [2.05, 4.69) is 36.3 Å². The lowest BCUT2D eigenvalue weighted by Crippen LogP contribution is -2.01. The van der Waals surface area contributed by atoms with Crippen molar-refractivity contribution in [2.75, 3.05) is 5.32 Å². The van der Waals surface area contributed by atoms with E-state index >= 15 is 0 Å². The third kappa shape index (κ3) is 2.16. The number of anilines is 2. The van der Waals surface area contributed by atoms with Crippen LogP contribution in [0, 0.1) is 0 Å². The Morgan fingerprint density at radius 3 is 2.78 bits per heavy atom. The summed E-state index contributed by atoms with van der Waals surface area (Å²) in [6.45, 7) is 0. The summed E-state index contributed by atoms with van der Waals surface area (Å²) in [4.78, 5) is 8.06. The second-order valence-electron chi connectivity index (χ2n) is 3.57. The van der Waals surface area contributed by atoms with Gasteiger partial charge in [0.1, 0.15) is 17.3 Å². The molecule has 0 aliphatic rings. The molecule has 0 spiro atoms. The van der Waals surface area contributed by atoms with Gasteiger partial charge in [0.15, 0.2) is 0 Å². The fraction of sp³-hybridized carbons (Fsp3) is 0. The van der Waals surface area contributed by atoms with E-state index in [1.165, 1.54) is 6.33 Å². The van der Waals surface area contributed by atoms with Gasteiger partial charge in [-0.1, -0.05) is 27.5 Å². The van der Waals surface area contributed by atoms with Crippen LogP contribution in [0.15, 0.2) is 41.1 Å². The Morgan fingerprint density at radius 1 is 1.22 bits per heavy atom. The van der Waals surface area contributed by atoms with Crippen molar-refractivity contribution in [2.24, 2.45) is 0 Å². The van der Waals surface area contributed by atoms with Crippen LogP contribution in [0.25, 0.3) is 5.78 Å². The minimum absolute atomic E-state index is 0.370. The fourth-order valence-corrected chi connectivity index (χ4v) is 2.00. The van der Waals surface area contributed by atoms with E-state index in [1.54, 1.807) is 10.6 Å². The van der Waals surface area contributed by atoms with Crippen molar-refractivity contribution >= 4 is 44.8 Å². The molecule has 7 heteroatoms. The van der Waals surface area contributed by atoms with Gasteiger partial charge in [0, 0.05) is 16.2 Å². The first-order chi connectivity index (χ1) is 8.72. The molecule has 18 heavy (non-hydrogen) atoms. The van der Waals surface area contributed by atoms with Crippen molar-refractivity contribution in [3.8, 4) is 0 Å². The third-order valence-electron chi connectivity index (χ3n) is 2.34. The molecule has 0 saturated carbocycles. The van der Waals surface area contributed by atoms with Gasteiger partial charge < -0.3 is 5.32 Å². The molecule has 90 valence electrons. The van der Waals surface area contributed by atoms with E-state index < -0.39 is 0 Å². The van der Waals surface area contributed by atoms with Crippen molar-refractivity contribution < 1.29 is 0 Å². The van der Waals surface area contributed by atoms with Crippen LogP contribution in [0.3, 0.4) is 0 Å². The number of rotatable bonds is 2. The van der Waals surface area contributed by atoms with Crippen LogP contribution in [-0.2, 0) is 0 Å². The first kappa shape index (κ1) is 11.4. The number of halogens is 2. The summed E-state index contributed by atoms with van der Waals surface area (Å²) >= 11 is 9.32. The number of aromatic nitrogens is 4. The minimum atomic E-state index is 0.370. The molecular formula is C11H7BrClN5. The molecule has 2 aromatic heterocycles. The first-order valence-electron chi connectivity index (χ1n) is 5.11. The summed E-state index contributed by atoms with van der Waals surface area (Å²) in [5.74, 6) is 1.17. The Morgan fingerprint density at radius 2 is 2.00 bits per heavy atom. The smallest absolute Gasteiger partial charge is 0.255 e. The van der Waals surface area contributed by atoms with Gasteiger partial charge >= 0.3 is 0 Å². The molecule has 0 saturated heterocycles. The minimum Gasteiger partial charge on any atom is -0.340 e. The van der Waals surface area contributed by atoms with Gasteiger partial charge in [0.05, 0.1) is 0 Å². The van der Waals surface area contributed by atoms with Crippen LogP contribution < -0.4 is 5.32 Å². The topological polar surface area (TPSA) is 55.1 Å². The summed E-state index contributed by atoms with van der Waals surface area (Å²) in [5, 5.41) is 7.67. The van der Waals surface area contributed by atoms with Crippen LogP contribution in [0.1, 0.15) is 0 Å². The summed E-state index contributed by atoms with van der Waals surface area (Å²) in [6.07, 6.45) is 1.44. The molecule has 0 bridgehead atoms. The van der Waals surface area contributed by atoms with E-state index in [1.807, 2.05) is 24.3 Å². The van der Waals surface area contributed by atoms with Gasteiger partial charge in [-0.15, -0.1) is 0 Å². The highest BCUT2D eigenvalue weighted by Gasteiger charge is 2.06. The van der Waals surface area contributed by atoms with Crippen LogP contribution in [0.4, 0.5) is 11.5 Å². The van der Waals surface area contributed by atoms with Gasteiger partial charge in [-0.25, -0.2) is 0 Å². The second-order valence-corrected chi connectivity index (χ2v) is 4.87. The normalized spacial score (nSPS) is 10.8. The van der Waals surface area contributed by atoms with Gasteiger partial charge in [0.25, 0.3) is 5.78 Å². The lowest BCUT2D eigenvalue weighted by Gasteiger charge is -2.08. The molecule has 0 fully saturated rings. The van der Waals surface area contributed by atoms with Gasteiger partial charge in [-0.3, -0.25) is 0 Å². The number of fused-ring (bicyclic) bond motifs is 1. The Balaban J connectivity index is 2.03. The third-order valence-corrected chi connectivity index (χ3v) is 3.06. The van der Waals surface area contributed by atoms with Gasteiger partial charge in [0.2, 0.25) is 0 Å². The molecule has 0 atom stereocenters. The molecule has 0 amide bonds. The quantitative estimate of drug-likeness (QED) is 0.735. The van der Waals surface area contributed by atoms with Crippen LogP contribution in [0.5, 0.6) is 0 Å². The highest BCUT2D eigenvalue weighted by atomic mass is 79.9. The molecule has 0 aliphatic heterocycles. The maximum atomic E-state index is 5.93. The number of hydrogen-bond donors (Lipinski definition) is 1. The van der Waals surface area contributed by atoms with E-state index in [9.17, 15) is 0 Å². The molecule has 3 aromatic rings. The Hall–Kier alpha value is -1.66. The Bertz CT molecular complexity index is 694. The zero-order valence-electron chi connectivity index (χ0n) is 9.01. The maximum absolute atomic E-state index is 5.93. The maximum Gasteiger partial charge on any atom is 0.255 e. The van der Waals surface area contributed by atoms with Gasteiger partial charge in [-0.05, 0) is 24.3 Å². The van der Waals surface area contributed by atoms with Crippen LogP contribution in [0.2, 0.25) is 5.15 Å². The zero-order chi connectivity index (χ0) is 12.5. The molecule has 1 N–H and O–H groups in total. The number of hydrogen-bond acceptors (Lipinski definition) is 4. The number of nitrogens with one attached hydrogen (secondary N) is 1. The van der Waals surface area contributed by atoms with Gasteiger partial charge in [-0.2, -0.15) is 19.6 Å². The standard InChI is InChI=1S/C11H7BrClN5/c12-7-1-3-8(4-2-7)16-10-5-9(13)17-11-14-6-15-18(10)11/h1-6,16H. The SMILES string of the molecule is Clc1cc(Nc2ccc(Br)cc2)n2ncnc2n1. The number of nitrogens with zero attached hydrogens (tertiary/aromatic N) is 4. The molecule has 0 aliphatic carbocycles. The highest BCUT2D eigenvalue weighted by molar-refractivity contribution is 9.10. The first-order valence-corrected chi connectivity index (χ1v) is 6.28. The average molecular weight is 325 g/mol. The van der Waals surface area contributed by atoms with Crippen molar-refractivity contribution in [1.82, 2.24) is 19.6 Å². The Labute approximate surface area is 116 Å². The monoisotopic (exact) mass is 323 g/mol. The number of benzene rings is 1. The van der Waals surface area contributed by atoms with Crippen LogP contribution in [-0.4, -0.2) is 19.6 Å². The van der Waals surface area contributed by atoms with Crippen molar-refractivity contribution in [3.63, 3.8) is 0 Å². The Kier molecular flexibility index (Phi) is 2.89. The molecule has 1 aromatic carbocycles. The zero-order valence-corrected chi connectivity index (χ0v) is 11.4. The summed E-state index contributed by atoms with van der Waals surface area (Å²) in [6, 6.07) is 9.49. The van der Waals surface area contributed by atoms with Crippen molar-refractivity contribution in [1.29, 1.82) is 0 Å². The lowest BCUT2D eigenvalue weighted by molar-refractivity contribution is 0.947. The van der Waals surface area contributed by atoms with Crippen molar-refractivity contribution in [3.05, 3.63) is 46.3 Å². The van der Waals surface area contributed by atoms with E-state index in [4.69, 9.17) is 11.6 Å². The molecule has 0 radical (unpaired) electrons. The fourth-order valence-electron chi connectivity index (χ4n) is 1.55. The second kappa shape index (κ2) is 4.55. The van der Waals surface area contributed by atoms with Crippen LogP contribution >= 0.6 is 27.5 Å². The summed E-state index contributed by atoms with van der Waals surface area (Å²) < 4.78 is 2.61. The average Bonchev–Trinajstić information content (AvgIpc) is 2.80. The lowest BCUT2D eigenvalue weighted by atomic mass is 10.3. The molecule has 5 nitrogen and oxygen atoms in total. The molecule has 0 unspecified atom stereocenters. The summed E-state index contributed by atoms with van der Waals surface area (Å²) in [5.41, 5.74) is 0.928. The molecule has 2 heterocycles. The van der Waals surface area contributed by atoms with E-state index in [0.29, 0.717) is 16.7 Å². The highest BCUT2D eigenvalue weighted by Crippen LogP contribution is 2.21. The van der Waals surface area contributed by atoms with E-state index in [-0.39, 0.29) is 0 Å². The largest absolute Gasteiger partial charge is 0.340 e. The molecule has 3 rings (SSSR count). The summed E-state index contributed by atoms with van der Waals surface area (Å²) in [7, 11) is 0. The van der Waals surface area contributed by atoms with Crippen molar-refractivity contribution in [2.45, 2.75) is 0 Å².